The predicted octanol–water partition coefficient (Wildman–Crippen LogP) is 2.82. The molecule has 4 heteroatoms. The van der Waals surface area contributed by atoms with Gasteiger partial charge >= 0.3 is 0 Å². The fraction of sp³-hybridized carbons (Fsp3) is 0.143. The molecule has 18 heavy (non-hydrogen) atoms. The van der Waals surface area contributed by atoms with Crippen LogP contribution < -0.4 is 5.73 Å². The number of nitrogens with two attached hydrogens (primary N) is 1. The predicted molar refractivity (Wildman–Crippen MR) is 73.2 cm³/mol. The van der Waals surface area contributed by atoms with E-state index in [2.05, 4.69) is 21.0 Å². The van der Waals surface area contributed by atoms with Gasteiger partial charge in [-0.3, -0.25) is 0 Å². The van der Waals surface area contributed by atoms with E-state index in [0.29, 0.717) is 11.6 Å². The number of fused-ring (bicyclic) bond motifs is 1. The normalized spacial score (nSPS) is 11.0. The highest BCUT2D eigenvalue weighted by molar-refractivity contribution is 5.95. The van der Waals surface area contributed by atoms with E-state index in [1.54, 1.807) is 6.07 Å². The number of nitrogens with one attached hydrogen (secondary N) is 1. The van der Waals surface area contributed by atoms with Crippen molar-refractivity contribution in [3.8, 4) is 11.4 Å². The molecule has 3 aromatic rings. The summed E-state index contributed by atoms with van der Waals surface area (Å²) < 4.78 is 0. The number of aryl methyl sites for hydroxylation is 2. The van der Waals surface area contributed by atoms with Crippen molar-refractivity contribution in [1.82, 2.24) is 15.0 Å². The van der Waals surface area contributed by atoms with Gasteiger partial charge < -0.3 is 10.7 Å². The third-order valence-corrected chi connectivity index (χ3v) is 2.99. The maximum absolute atomic E-state index is 5.80. The third kappa shape index (κ3) is 1.62. The fourth-order valence-corrected chi connectivity index (χ4v) is 2.27. The van der Waals surface area contributed by atoms with Crippen molar-refractivity contribution < 1.29 is 0 Å². The number of nitrogens with zero attached hydrogens (tertiary/aromatic N) is 2. The molecule has 3 N–H and O–H groups in total. The highest BCUT2D eigenvalue weighted by Gasteiger charge is 2.13. The Bertz CT molecular complexity index is 707. The maximum Gasteiger partial charge on any atom is 0.164 e. The Morgan fingerprint density at radius 1 is 1.11 bits per heavy atom. The number of para-hydroxylation sites is 1. The van der Waals surface area contributed by atoms with Crippen LogP contribution >= 0.6 is 0 Å². The maximum atomic E-state index is 5.80. The monoisotopic (exact) mass is 238 g/mol. The van der Waals surface area contributed by atoms with E-state index in [0.717, 1.165) is 27.9 Å². The van der Waals surface area contributed by atoms with E-state index in [-0.39, 0.29) is 0 Å². The fourth-order valence-electron chi connectivity index (χ4n) is 2.27. The number of aromatic nitrogens is 3. The van der Waals surface area contributed by atoms with Crippen molar-refractivity contribution in [3.05, 3.63) is 41.7 Å². The van der Waals surface area contributed by atoms with Crippen LogP contribution in [0.3, 0.4) is 0 Å². The van der Waals surface area contributed by atoms with E-state index in [4.69, 9.17) is 5.73 Å². The average molecular weight is 238 g/mol. The third-order valence-electron chi connectivity index (χ3n) is 2.99. The lowest BCUT2D eigenvalue weighted by atomic mass is 10.1. The number of hydrogen-bond donors (Lipinski definition) is 2. The summed E-state index contributed by atoms with van der Waals surface area (Å²) in [6.07, 6.45) is 0. The Balaban J connectivity index is 2.34. The molecule has 2 heterocycles. The lowest BCUT2D eigenvalue weighted by molar-refractivity contribution is 1.11. The van der Waals surface area contributed by atoms with Crippen molar-refractivity contribution in [3.63, 3.8) is 0 Å². The minimum absolute atomic E-state index is 0.502. The van der Waals surface area contributed by atoms with Crippen LogP contribution in [-0.4, -0.2) is 15.0 Å². The lowest BCUT2D eigenvalue weighted by Crippen LogP contribution is -1.98. The topological polar surface area (TPSA) is 67.6 Å². The minimum Gasteiger partial charge on any atom is -0.384 e. The van der Waals surface area contributed by atoms with Gasteiger partial charge in [0.25, 0.3) is 0 Å². The van der Waals surface area contributed by atoms with Crippen LogP contribution in [0.2, 0.25) is 0 Å². The zero-order valence-corrected chi connectivity index (χ0v) is 10.4. The molecular weight excluding hydrogens is 224 g/mol. The van der Waals surface area contributed by atoms with Crippen molar-refractivity contribution in [2.24, 2.45) is 0 Å². The number of H-pyrrole nitrogens is 1. The Hall–Kier alpha value is -2.36. The van der Waals surface area contributed by atoms with Gasteiger partial charge in [0, 0.05) is 33.9 Å². The summed E-state index contributed by atoms with van der Waals surface area (Å²) in [6.45, 7) is 3.95. The molecule has 0 saturated carbocycles. The van der Waals surface area contributed by atoms with Crippen molar-refractivity contribution in [2.45, 2.75) is 13.8 Å². The minimum atomic E-state index is 0.502. The Labute approximate surface area is 105 Å². The zero-order chi connectivity index (χ0) is 12.7. The summed E-state index contributed by atoms with van der Waals surface area (Å²) in [5, 5.41) is 1.12. The summed E-state index contributed by atoms with van der Waals surface area (Å²) >= 11 is 0. The molecule has 0 radical (unpaired) electrons. The van der Waals surface area contributed by atoms with Gasteiger partial charge in [0.1, 0.15) is 5.82 Å². The highest BCUT2D eigenvalue weighted by atomic mass is 15.0. The lowest BCUT2D eigenvalue weighted by Gasteiger charge is -2.03. The zero-order valence-electron chi connectivity index (χ0n) is 10.4. The van der Waals surface area contributed by atoms with Crippen LogP contribution in [0.4, 0.5) is 5.82 Å². The van der Waals surface area contributed by atoms with Crippen molar-refractivity contribution in [1.29, 1.82) is 0 Å². The van der Waals surface area contributed by atoms with Crippen molar-refractivity contribution >= 4 is 16.7 Å². The van der Waals surface area contributed by atoms with E-state index in [9.17, 15) is 0 Å². The molecule has 0 spiro atoms. The number of nitrogen functional groups attached to an aromatic ring is 1. The van der Waals surface area contributed by atoms with E-state index >= 15 is 0 Å². The van der Waals surface area contributed by atoms with Gasteiger partial charge in [0.15, 0.2) is 5.82 Å². The number of hydrogen-bond acceptors (Lipinski definition) is 3. The second kappa shape index (κ2) is 3.84. The molecular formula is C14H14N4. The summed E-state index contributed by atoms with van der Waals surface area (Å²) in [6, 6.07) is 9.90. The molecule has 1 aromatic carbocycles. The first kappa shape index (κ1) is 10.8. The Kier molecular flexibility index (Phi) is 2.30. The first-order chi connectivity index (χ1) is 8.65. The van der Waals surface area contributed by atoms with E-state index in [1.807, 2.05) is 32.0 Å². The van der Waals surface area contributed by atoms with Gasteiger partial charge in [0.05, 0.1) is 0 Å². The van der Waals surface area contributed by atoms with Crippen LogP contribution in [0.5, 0.6) is 0 Å². The van der Waals surface area contributed by atoms with Gasteiger partial charge in [-0.1, -0.05) is 18.2 Å². The molecule has 0 aliphatic rings. The largest absolute Gasteiger partial charge is 0.384 e. The van der Waals surface area contributed by atoms with Crippen LogP contribution in [0.15, 0.2) is 30.3 Å². The Morgan fingerprint density at radius 2 is 1.89 bits per heavy atom. The van der Waals surface area contributed by atoms with E-state index in [1.165, 1.54) is 0 Å². The molecule has 90 valence electrons. The SMILES string of the molecule is Cc1cc(N)nc(-c2c(C)[nH]c3ccccc23)n1. The summed E-state index contributed by atoms with van der Waals surface area (Å²) in [7, 11) is 0. The number of benzene rings is 1. The van der Waals surface area contributed by atoms with Crippen molar-refractivity contribution in [2.75, 3.05) is 5.73 Å². The summed E-state index contributed by atoms with van der Waals surface area (Å²) in [4.78, 5) is 12.2. The van der Waals surface area contributed by atoms with Crippen LogP contribution in [0.1, 0.15) is 11.4 Å². The number of anilines is 1. The molecule has 0 atom stereocenters. The highest BCUT2D eigenvalue weighted by Crippen LogP contribution is 2.30. The quantitative estimate of drug-likeness (QED) is 0.685. The smallest absolute Gasteiger partial charge is 0.164 e. The van der Waals surface area contributed by atoms with Gasteiger partial charge in [-0.25, -0.2) is 9.97 Å². The van der Waals surface area contributed by atoms with E-state index < -0.39 is 0 Å². The second-order valence-electron chi connectivity index (χ2n) is 4.43. The standard InChI is InChI=1S/C14H14N4/c1-8-7-12(15)18-14(16-8)13-9(2)17-11-6-4-3-5-10(11)13/h3-7,17H,1-2H3,(H2,15,16,18). The molecule has 0 amide bonds. The second-order valence-corrected chi connectivity index (χ2v) is 4.43. The molecule has 2 aromatic heterocycles. The average Bonchev–Trinajstić information content (AvgIpc) is 2.63. The molecule has 0 saturated heterocycles. The van der Waals surface area contributed by atoms with Gasteiger partial charge in [-0.2, -0.15) is 0 Å². The van der Waals surface area contributed by atoms with Crippen LogP contribution in [0, 0.1) is 13.8 Å². The van der Waals surface area contributed by atoms with Crippen LogP contribution in [0.25, 0.3) is 22.3 Å². The molecule has 0 aliphatic carbocycles. The Morgan fingerprint density at radius 3 is 2.67 bits per heavy atom. The molecule has 4 nitrogen and oxygen atoms in total. The first-order valence-corrected chi connectivity index (χ1v) is 5.84. The van der Waals surface area contributed by atoms with Gasteiger partial charge in [0.2, 0.25) is 0 Å². The van der Waals surface area contributed by atoms with Gasteiger partial charge in [-0.15, -0.1) is 0 Å². The molecule has 0 aliphatic heterocycles. The van der Waals surface area contributed by atoms with Gasteiger partial charge in [-0.05, 0) is 19.9 Å². The summed E-state index contributed by atoms with van der Waals surface area (Å²) in [5.74, 6) is 1.18. The number of rotatable bonds is 1. The van der Waals surface area contributed by atoms with Crippen LogP contribution in [-0.2, 0) is 0 Å². The molecule has 0 bridgehead atoms. The molecule has 0 unspecified atom stereocenters. The first-order valence-electron chi connectivity index (χ1n) is 5.84. The number of aromatic amines is 1. The molecule has 0 fully saturated rings. The molecule has 3 rings (SSSR count). The summed E-state index contributed by atoms with van der Waals surface area (Å²) in [5.41, 5.74) is 9.85.